The number of aromatic amines is 1. The smallest absolute Gasteiger partial charge is 0.145 e. The molecule has 0 atom stereocenters. The summed E-state index contributed by atoms with van der Waals surface area (Å²) >= 11 is 0. The van der Waals surface area contributed by atoms with Crippen LogP contribution < -0.4 is 10.5 Å². The highest BCUT2D eigenvalue weighted by Gasteiger charge is 2.08. The van der Waals surface area contributed by atoms with E-state index in [-0.39, 0.29) is 0 Å². The van der Waals surface area contributed by atoms with Crippen molar-refractivity contribution in [1.29, 1.82) is 0 Å². The van der Waals surface area contributed by atoms with Gasteiger partial charge >= 0.3 is 0 Å². The highest BCUT2D eigenvalue weighted by atomic mass is 16.5. The number of anilines is 1. The summed E-state index contributed by atoms with van der Waals surface area (Å²) in [4.78, 5) is 0. The van der Waals surface area contributed by atoms with Crippen molar-refractivity contribution in [3.05, 3.63) is 42.5 Å². The van der Waals surface area contributed by atoms with Crippen LogP contribution in [0.5, 0.6) is 5.75 Å². The topological polar surface area (TPSA) is 63.9 Å². The molecule has 0 bridgehead atoms. The molecule has 0 fully saturated rings. The Labute approximate surface area is 100 Å². The number of nitrogens with zero attached hydrogens (tertiary/aromatic N) is 1. The first-order chi connectivity index (χ1) is 8.16. The van der Waals surface area contributed by atoms with Crippen molar-refractivity contribution in [3.63, 3.8) is 0 Å². The monoisotopic (exact) mass is 229 g/mol. The van der Waals surface area contributed by atoms with Gasteiger partial charge in [0.2, 0.25) is 0 Å². The van der Waals surface area contributed by atoms with E-state index in [9.17, 15) is 0 Å². The molecule has 88 valence electrons. The lowest BCUT2D eigenvalue weighted by Gasteiger charge is -2.09. The van der Waals surface area contributed by atoms with Crippen molar-refractivity contribution in [2.75, 3.05) is 12.3 Å². The molecule has 2 aromatic rings. The highest BCUT2D eigenvalue weighted by Crippen LogP contribution is 2.29. The molecular weight excluding hydrogens is 214 g/mol. The van der Waals surface area contributed by atoms with Gasteiger partial charge in [0.25, 0.3) is 0 Å². The van der Waals surface area contributed by atoms with Crippen molar-refractivity contribution in [1.82, 2.24) is 10.2 Å². The molecule has 1 aromatic carbocycles. The summed E-state index contributed by atoms with van der Waals surface area (Å²) in [5.41, 5.74) is 8.36. The number of ether oxygens (including phenoxy) is 1. The molecule has 0 unspecified atom stereocenters. The lowest BCUT2D eigenvalue weighted by molar-refractivity contribution is 0.354. The number of nitrogen functional groups attached to an aromatic ring is 1. The molecule has 1 heterocycles. The average molecular weight is 229 g/mol. The third kappa shape index (κ3) is 2.66. The Hall–Kier alpha value is -2.23. The van der Waals surface area contributed by atoms with Gasteiger partial charge in [-0.15, -0.1) is 0 Å². The van der Waals surface area contributed by atoms with Crippen LogP contribution in [0.25, 0.3) is 11.3 Å². The Kier molecular flexibility index (Phi) is 3.14. The van der Waals surface area contributed by atoms with E-state index < -0.39 is 0 Å². The van der Waals surface area contributed by atoms with E-state index in [0.29, 0.717) is 12.4 Å². The first kappa shape index (κ1) is 11.3. The second kappa shape index (κ2) is 4.74. The normalized spacial score (nSPS) is 10.2. The van der Waals surface area contributed by atoms with Gasteiger partial charge in [-0.1, -0.05) is 18.7 Å². The second-order valence-corrected chi connectivity index (χ2v) is 3.95. The molecule has 2 rings (SSSR count). The first-order valence-corrected chi connectivity index (χ1v) is 5.34. The van der Waals surface area contributed by atoms with Crippen LogP contribution in [-0.2, 0) is 0 Å². The predicted octanol–water partition coefficient (Wildman–Crippen LogP) is 2.61. The van der Waals surface area contributed by atoms with Crippen molar-refractivity contribution in [2.45, 2.75) is 6.92 Å². The zero-order valence-electron chi connectivity index (χ0n) is 9.73. The number of hydrogen-bond acceptors (Lipinski definition) is 3. The van der Waals surface area contributed by atoms with Crippen LogP contribution in [-0.4, -0.2) is 16.8 Å². The lowest BCUT2D eigenvalue weighted by Crippen LogP contribution is -1.99. The summed E-state index contributed by atoms with van der Waals surface area (Å²) in [5, 5.41) is 6.78. The molecule has 0 radical (unpaired) electrons. The van der Waals surface area contributed by atoms with Gasteiger partial charge in [-0.3, -0.25) is 5.10 Å². The van der Waals surface area contributed by atoms with Gasteiger partial charge in [0.1, 0.15) is 18.2 Å². The third-order valence-corrected chi connectivity index (χ3v) is 2.25. The Morgan fingerprint density at radius 2 is 2.24 bits per heavy atom. The molecule has 3 N–H and O–H groups in total. The van der Waals surface area contributed by atoms with Crippen LogP contribution in [0.15, 0.2) is 42.5 Å². The molecule has 0 aliphatic carbocycles. The maximum Gasteiger partial charge on any atom is 0.145 e. The number of hydrogen-bond donors (Lipinski definition) is 2. The van der Waals surface area contributed by atoms with Gasteiger partial charge < -0.3 is 10.5 Å². The number of para-hydroxylation sites is 1. The summed E-state index contributed by atoms with van der Waals surface area (Å²) in [6.45, 7) is 6.24. The minimum Gasteiger partial charge on any atom is -0.489 e. The summed E-state index contributed by atoms with van der Waals surface area (Å²) in [7, 11) is 0. The Bertz CT molecular complexity index is 531. The van der Waals surface area contributed by atoms with E-state index in [4.69, 9.17) is 10.5 Å². The molecule has 0 saturated carbocycles. The van der Waals surface area contributed by atoms with Gasteiger partial charge in [-0.25, -0.2) is 0 Å². The molecule has 0 spiro atoms. The van der Waals surface area contributed by atoms with Crippen LogP contribution in [0.2, 0.25) is 0 Å². The summed E-state index contributed by atoms with van der Waals surface area (Å²) < 4.78 is 5.67. The van der Waals surface area contributed by atoms with E-state index in [1.807, 2.05) is 31.2 Å². The SMILES string of the molecule is C=C(C)COc1ccccc1-c1cc(N)n[nH]1. The molecule has 4 nitrogen and oxygen atoms in total. The standard InChI is InChI=1S/C13H15N3O/c1-9(2)8-17-12-6-4-3-5-10(12)11-7-13(14)16-15-11/h3-7H,1,8H2,2H3,(H3,14,15,16). The van der Waals surface area contributed by atoms with Crippen LogP contribution in [0.1, 0.15) is 6.92 Å². The van der Waals surface area contributed by atoms with Gasteiger partial charge in [0.05, 0.1) is 5.69 Å². The molecule has 4 heteroatoms. The number of benzene rings is 1. The Morgan fingerprint density at radius 1 is 1.47 bits per heavy atom. The lowest BCUT2D eigenvalue weighted by atomic mass is 10.1. The number of rotatable bonds is 4. The number of nitrogens with two attached hydrogens (primary N) is 1. The van der Waals surface area contributed by atoms with E-state index in [0.717, 1.165) is 22.6 Å². The summed E-state index contributed by atoms with van der Waals surface area (Å²) in [6, 6.07) is 9.52. The van der Waals surface area contributed by atoms with Crippen LogP contribution in [0.3, 0.4) is 0 Å². The van der Waals surface area contributed by atoms with E-state index in [2.05, 4.69) is 16.8 Å². The fourth-order valence-electron chi connectivity index (χ4n) is 1.49. The molecule has 0 amide bonds. The van der Waals surface area contributed by atoms with Crippen molar-refractivity contribution < 1.29 is 4.74 Å². The van der Waals surface area contributed by atoms with Gasteiger partial charge in [0, 0.05) is 11.6 Å². The zero-order chi connectivity index (χ0) is 12.3. The molecule has 0 aliphatic rings. The fourth-order valence-corrected chi connectivity index (χ4v) is 1.49. The van der Waals surface area contributed by atoms with Crippen LogP contribution in [0.4, 0.5) is 5.82 Å². The number of H-pyrrole nitrogens is 1. The minimum absolute atomic E-state index is 0.467. The maximum atomic E-state index is 5.67. The second-order valence-electron chi connectivity index (χ2n) is 3.95. The largest absolute Gasteiger partial charge is 0.489 e. The molecule has 17 heavy (non-hydrogen) atoms. The van der Waals surface area contributed by atoms with Crippen molar-refractivity contribution in [3.8, 4) is 17.0 Å². The predicted molar refractivity (Wildman–Crippen MR) is 68.7 cm³/mol. The summed E-state index contributed by atoms with van der Waals surface area (Å²) in [6.07, 6.45) is 0. The van der Waals surface area contributed by atoms with E-state index in [1.54, 1.807) is 6.07 Å². The first-order valence-electron chi connectivity index (χ1n) is 5.34. The number of nitrogens with one attached hydrogen (secondary N) is 1. The van der Waals surface area contributed by atoms with Gasteiger partial charge in [0.15, 0.2) is 0 Å². The Morgan fingerprint density at radius 3 is 2.88 bits per heavy atom. The summed E-state index contributed by atoms with van der Waals surface area (Å²) in [5.74, 6) is 1.26. The van der Waals surface area contributed by atoms with Gasteiger partial charge in [-0.05, 0) is 24.6 Å². The van der Waals surface area contributed by atoms with Crippen LogP contribution in [0, 0.1) is 0 Å². The third-order valence-electron chi connectivity index (χ3n) is 2.25. The Balaban J connectivity index is 2.30. The minimum atomic E-state index is 0.467. The van der Waals surface area contributed by atoms with E-state index >= 15 is 0 Å². The van der Waals surface area contributed by atoms with E-state index in [1.165, 1.54) is 0 Å². The van der Waals surface area contributed by atoms with Crippen molar-refractivity contribution >= 4 is 5.82 Å². The average Bonchev–Trinajstić information content (AvgIpc) is 2.73. The molecule has 1 aromatic heterocycles. The maximum absolute atomic E-state index is 5.67. The quantitative estimate of drug-likeness (QED) is 0.792. The fraction of sp³-hybridized carbons (Fsp3) is 0.154. The van der Waals surface area contributed by atoms with Crippen LogP contribution >= 0.6 is 0 Å². The highest BCUT2D eigenvalue weighted by molar-refractivity contribution is 5.68. The zero-order valence-corrected chi connectivity index (χ0v) is 9.73. The van der Waals surface area contributed by atoms with Crippen molar-refractivity contribution in [2.24, 2.45) is 0 Å². The molecular formula is C13H15N3O. The molecule has 0 aliphatic heterocycles. The molecule has 0 saturated heterocycles. The van der Waals surface area contributed by atoms with Gasteiger partial charge in [-0.2, -0.15) is 5.10 Å². The number of aromatic nitrogens is 2.